The predicted molar refractivity (Wildman–Crippen MR) is 74.1 cm³/mol. The fourth-order valence-corrected chi connectivity index (χ4v) is 3.57. The zero-order valence-electron chi connectivity index (χ0n) is 12.3. The lowest BCUT2D eigenvalue weighted by atomic mass is 9.77. The van der Waals surface area contributed by atoms with Crippen LogP contribution in [0.15, 0.2) is 0 Å². The van der Waals surface area contributed by atoms with Gasteiger partial charge >= 0.3 is 0 Å². The van der Waals surface area contributed by atoms with Crippen molar-refractivity contribution in [3.8, 4) is 0 Å². The van der Waals surface area contributed by atoms with Crippen LogP contribution >= 0.6 is 0 Å². The molecule has 3 atom stereocenters. The number of carbonyl (C=O) groups is 1. The largest absolute Gasteiger partial charge is 0.325 e. The number of carbonyl (C=O) groups excluding carboxylic acids is 1. The maximum atomic E-state index is 12.6. The molecule has 18 heavy (non-hydrogen) atoms. The monoisotopic (exact) mass is 252 g/mol. The van der Waals surface area contributed by atoms with Gasteiger partial charge in [0.1, 0.15) is 0 Å². The normalized spacial score (nSPS) is 37.6. The minimum Gasteiger partial charge on any atom is -0.325 e. The van der Waals surface area contributed by atoms with E-state index >= 15 is 0 Å². The third-order valence-electron chi connectivity index (χ3n) is 5.12. The topological polar surface area (TPSA) is 32.3 Å². The van der Waals surface area contributed by atoms with Crippen molar-refractivity contribution in [3.63, 3.8) is 0 Å². The number of rotatable bonds is 3. The van der Waals surface area contributed by atoms with Gasteiger partial charge in [-0.3, -0.25) is 10.1 Å². The molecule has 3 nitrogen and oxygen atoms in total. The summed E-state index contributed by atoms with van der Waals surface area (Å²) in [5.74, 6) is 1.68. The lowest BCUT2D eigenvalue weighted by molar-refractivity contribution is -0.136. The molecule has 0 aromatic heterocycles. The molecule has 1 aliphatic heterocycles. The van der Waals surface area contributed by atoms with Gasteiger partial charge in [0.15, 0.2) is 0 Å². The van der Waals surface area contributed by atoms with Gasteiger partial charge < -0.3 is 4.90 Å². The number of hydrogen-bond acceptors (Lipinski definition) is 2. The van der Waals surface area contributed by atoms with Crippen LogP contribution in [0.3, 0.4) is 0 Å². The zero-order valence-corrected chi connectivity index (χ0v) is 12.3. The van der Waals surface area contributed by atoms with Crippen LogP contribution < -0.4 is 5.32 Å². The molecule has 0 spiro atoms. The van der Waals surface area contributed by atoms with Crippen LogP contribution in [0, 0.1) is 11.8 Å². The van der Waals surface area contributed by atoms with Gasteiger partial charge in [0, 0.05) is 6.04 Å². The van der Waals surface area contributed by atoms with Crippen molar-refractivity contribution in [1.29, 1.82) is 0 Å². The molecule has 0 aromatic rings. The van der Waals surface area contributed by atoms with E-state index in [0.717, 1.165) is 13.1 Å². The Balaban J connectivity index is 2.13. The van der Waals surface area contributed by atoms with Gasteiger partial charge in [0.05, 0.1) is 12.2 Å². The Morgan fingerprint density at radius 1 is 1.39 bits per heavy atom. The van der Waals surface area contributed by atoms with Crippen molar-refractivity contribution in [3.05, 3.63) is 0 Å². The summed E-state index contributed by atoms with van der Waals surface area (Å²) in [5.41, 5.74) is -0.320. The second-order valence-corrected chi connectivity index (χ2v) is 6.56. The predicted octanol–water partition coefficient (Wildman–Crippen LogP) is 2.76. The van der Waals surface area contributed by atoms with Crippen LogP contribution in [0.2, 0.25) is 0 Å². The Morgan fingerprint density at radius 2 is 2.06 bits per heavy atom. The summed E-state index contributed by atoms with van der Waals surface area (Å²) in [7, 11) is 0. The summed E-state index contributed by atoms with van der Waals surface area (Å²) in [6.07, 6.45) is 5.97. The fourth-order valence-electron chi connectivity index (χ4n) is 3.57. The van der Waals surface area contributed by atoms with E-state index in [0.29, 0.717) is 23.8 Å². The molecule has 3 heteroatoms. The summed E-state index contributed by atoms with van der Waals surface area (Å²) in [5, 5.41) is 3.42. The second-order valence-electron chi connectivity index (χ2n) is 6.56. The highest BCUT2D eigenvalue weighted by Crippen LogP contribution is 2.36. The lowest BCUT2D eigenvalue weighted by Gasteiger charge is -2.40. The molecule has 1 heterocycles. The van der Waals surface area contributed by atoms with E-state index in [1.807, 2.05) is 6.92 Å². The Bertz CT molecular complexity index is 316. The van der Waals surface area contributed by atoms with Gasteiger partial charge in [-0.15, -0.1) is 0 Å². The highest BCUT2D eigenvalue weighted by atomic mass is 16.2. The van der Waals surface area contributed by atoms with Crippen LogP contribution in [0.25, 0.3) is 0 Å². The molecule has 1 saturated carbocycles. The molecule has 104 valence electrons. The molecule has 3 unspecified atom stereocenters. The van der Waals surface area contributed by atoms with Gasteiger partial charge in [-0.1, -0.05) is 33.6 Å². The average Bonchev–Trinajstić information content (AvgIpc) is 2.67. The van der Waals surface area contributed by atoms with Crippen LogP contribution in [-0.4, -0.2) is 29.1 Å². The molecule has 0 bridgehead atoms. The van der Waals surface area contributed by atoms with E-state index in [4.69, 9.17) is 0 Å². The molecule has 1 aliphatic carbocycles. The van der Waals surface area contributed by atoms with Gasteiger partial charge in [0.2, 0.25) is 5.91 Å². The average molecular weight is 252 g/mol. The van der Waals surface area contributed by atoms with Crippen molar-refractivity contribution in [2.24, 2.45) is 11.8 Å². The molecule has 0 aromatic carbocycles. The summed E-state index contributed by atoms with van der Waals surface area (Å²) in [4.78, 5) is 14.7. The summed E-state index contributed by atoms with van der Waals surface area (Å²) >= 11 is 0. The molecule has 2 fully saturated rings. The first-order chi connectivity index (χ1) is 8.49. The van der Waals surface area contributed by atoms with Crippen molar-refractivity contribution in [2.45, 2.75) is 71.4 Å². The van der Waals surface area contributed by atoms with Crippen LogP contribution in [0.4, 0.5) is 0 Å². The Hall–Kier alpha value is -0.570. The van der Waals surface area contributed by atoms with Gasteiger partial charge in [-0.2, -0.15) is 0 Å². The number of nitrogens with zero attached hydrogens (tertiary/aromatic N) is 1. The van der Waals surface area contributed by atoms with E-state index < -0.39 is 0 Å². The van der Waals surface area contributed by atoms with E-state index in [1.165, 1.54) is 25.7 Å². The summed E-state index contributed by atoms with van der Waals surface area (Å²) < 4.78 is 0. The van der Waals surface area contributed by atoms with Crippen molar-refractivity contribution < 1.29 is 4.79 Å². The van der Waals surface area contributed by atoms with Crippen molar-refractivity contribution >= 4 is 5.91 Å². The first-order valence-electron chi connectivity index (χ1n) is 7.55. The molecule has 2 rings (SSSR count). The molecule has 1 saturated heterocycles. The Kier molecular flexibility index (Phi) is 4.00. The number of hydrogen-bond donors (Lipinski definition) is 1. The number of nitrogens with one attached hydrogen (secondary N) is 1. The SMILES string of the molecule is CCC1(C)NCN(C2CCCCC2C(C)C)C1=O. The first-order valence-corrected chi connectivity index (χ1v) is 7.55. The molecular weight excluding hydrogens is 224 g/mol. The minimum atomic E-state index is -0.320. The lowest BCUT2D eigenvalue weighted by Crippen LogP contribution is -2.48. The second kappa shape index (κ2) is 5.20. The van der Waals surface area contributed by atoms with Crippen LogP contribution in [-0.2, 0) is 4.79 Å². The third-order valence-corrected chi connectivity index (χ3v) is 5.12. The number of amides is 1. The van der Waals surface area contributed by atoms with Crippen molar-refractivity contribution in [2.75, 3.05) is 6.67 Å². The zero-order chi connectivity index (χ0) is 13.3. The summed E-state index contributed by atoms with van der Waals surface area (Å²) in [6.45, 7) is 9.49. The van der Waals surface area contributed by atoms with Gasteiger partial charge in [0.25, 0.3) is 0 Å². The first kappa shape index (κ1) is 13.9. The van der Waals surface area contributed by atoms with Gasteiger partial charge in [-0.05, 0) is 38.0 Å². The van der Waals surface area contributed by atoms with E-state index in [1.54, 1.807) is 0 Å². The van der Waals surface area contributed by atoms with Crippen LogP contribution in [0.1, 0.15) is 59.8 Å². The summed E-state index contributed by atoms with van der Waals surface area (Å²) in [6, 6.07) is 0.465. The Morgan fingerprint density at radius 3 is 2.61 bits per heavy atom. The van der Waals surface area contributed by atoms with E-state index in [2.05, 4.69) is 31.0 Å². The molecule has 2 aliphatic rings. The highest BCUT2D eigenvalue weighted by Gasteiger charge is 2.45. The van der Waals surface area contributed by atoms with Crippen molar-refractivity contribution in [1.82, 2.24) is 10.2 Å². The standard InChI is InChI=1S/C15H28N2O/c1-5-15(4)14(18)17(10-16-15)13-9-7-6-8-12(13)11(2)3/h11-13,16H,5-10H2,1-4H3. The fraction of sp³-hybridized carbons (Fsp3) is 0.933. The Labute approximate surface area is 111 Å². The van der Waals surface area contributed by atoms with Crippen LogP contribution in [0.5, 0.6) is 0 Å². The maximum absolute atomic E-state index is 12.6. The van der Waals surface area contributed by atoms with Gasteiger partial charge in [-0.25, -0.2) is 0 Å². The smallest absolute Gasteiger partial charge is 0.243 e. The van der Waals surface area contributed by atoms with E-state index in [-0.39, 0.29) is 5.54 Å². The minimum absolute atomic E-state index is 0.320. The third kappa shape index (κ3) is 2.29. The molecule has 0 radical (unpaired) electrons. The highest BCUT2D eigenvalue weighted by molar-refractivity contribution is 5.88. The molecule has 1 N–H and O–H groups in total. The quantitative estimate of drug-likeness (QED) is 0.837. The molecule has 1 amide bonds. The maximum Gasteiger partial charge on any atom is 0.243 e. The molecular formula is C15H28N2O. The van der Waals surface area contributed by atoms with E-state index in [9.17, 15) is 4.79 Å².